The van der Waals surface area contributed by atoms with Gasteiger partial charge in [0, 0.05) is 12.1 Å². The first kappa shape index (κ1) is 11.3. The van der Waals surface area contributed by atoms with E-state index in [9.17, 15) is 4.79 Å². The van der Waals surface area contributed by atoms with Gasteiger partial charge in [-0.15, -0.1) is 10.2 Å². The molecule has 5 heteroatoms. The summed E-state index contributed by atoms with van der Waals surface area (Å²) in [5.41, 5.74) is 1.03. The normalized spacial score (nSPS) is 10.5. The number of rotatable bonds is 3. The molecule has 0 saturated carbocycles. The van der Waals surface area contributed by atoms with E-state index in [0.29, 0.717) is 5.82 Å². The minimum atomic E-state index is -0.939. The Morgan fingerprint density at radius 2 is 2.18 bits per heavy atom. The summed E-state index contributed by atoms with van der Waals surface area (Å²) in [6, 6.07) is 6.72. The molecule has 0 amide bonds. The van der Waals surface area contributed by atoms with E-state index in [1.165, 1.54) is 0 Å². The lowest BCUT2D eigenvalue weighted by Crippen LogP contribution is -2.01. The molecule has 1 heterocycles. The Morgan fingerprint density at radius 3 is 2.82 bits per heavy atom. The van der Waals surface area contributed by atoms with Crippen LogP contribution in [-0.2, 0) is 6.54 Å². The number of aromatic carboxylic acids is 1. The van der Waals surface area contributed by atoms with Crippen molar-refractivity contribution in [1.29, 1.82) is 0 Å². The Hall–Kier alpha value is -2.17. The highest BCUT2D eigenvalue weighted by Gasteiger charge is 2.11. The number of aromatic nitrogens is 3. The van der Waals surface area contributed by atoms with Crippen LogP contribution in [0.1, 0.15) is 23.1 Å². The smallest absolute Gasteiger partial charge is 0.335 e. The van der Waals surface area contributed by atoms with Crippen LogP contribution in [0.5, 0.6) is 0 Å². The highest BCUT2D eigenvalue weighted by atomic mass is 16.4. The largest absolute Gasteiger partial charge is 0.478 e. The second-order valence-corrected chi connectivity index (χ2v) is 3.70. The van der Waals surface area contributed by atoms with Crippen molar-refractivity contribution in [3.05, 3.63) is 35.7 Å². The molecule has 0 bridgehead atoms. The van der Waals surface area contributed by atoms with Crippen LogP contribution in [0.15, 0.2) is 24.3 Å². The molecule has 2 aromatic rings. The van der Waals surface area contributed by atoms with Crippen LogP contribution in [0.25, 0.3) is 11.4 Å². The number of aryl methyl sites for hydroxylation is 1. The number of nitrogens with zero attached hydrogens (tertiary/aromatic N) is 3. The highest BCUT2D eigenvalue weighted by Crippen LogP contribution is 2.19. The molecular weight excluding hydrogens is 218 g/mol. The Bertz CT molecular complexity index is 561. The quantitative estimate of drug-likeness (QED) is 0.876. The third-order valence-corrected chi connectivity index (χ3v) is 2.62. The molecule has 0 fully saturated rings. The lowest BCUT2D eigenvalue weighted by atomic mass is 10.1. The van der Waals surface area contributed by atoms with Crippen molar-refractivity contribution >= 4 is 5.97 Å². The molecule has 0 aliphatic carbocycles. The standard InChI is InChI=1S/C12H13N3O2/c1-3-15-8(2)13-14-11(15)9-5-4-6-10(7-9)12(16)17/h4-7H,3H2,1-2H3,(H,16,17). The molecule has 0 saturated heterocycles. The van der Waals surface area contributed by atoms with Crippen molar-refractivity contribution < 1.29 is 9.90 Å². The monoisotopic (exact) mass is 231 g/mol. The topological polar surface area (TPSA) is 68.0 Å². The SMILES string of the molecule is CCn1c(C)nnc1-c1cccc(C(=O)O)c1. The molecule has 17 heavy (non-hydrogen) atoms. The van der Waals surface area contributed by atoms with Crippen LogP contribution in [0, 0.1) is 6.92 Å². The summed E-state index contributed by atoms with van der Waals surface area (Å²) >= 11 is 0. The van der Waals surface area contributed by atoms with Gasteiger partial charge in [-0.25, -0.2) is 4.79 Å². The molecule has 0 unspecified atom stereocenters. The van der Waals surface area contributed by atoms with Gasteiger partial charge >= 0.3 is 5.97 Å². The molecule has 0 atom stereocenters. The van der Waals surface area contributed by atoms with Crippen molar-refractivity contribution in [2.75, 3.05) is 0 Å². The van der Waals surface area contributed by atoms with Gasteiger partial charge in [-0.3, -0.25) is 0 Å². The minimum absolute atomic E-state index is 0.255. The number of benzene rings is 1. The maximum Gasteiger partial charge on any atom is 0.335 e. The van der Waals surface area contributed by atoms with Crippen LogP contribution >= 0.6 is 0 Å². The van der Waals surface area contributed by atoms with Crippen molar-refractivity contribution in [3.8, 4) is 11.4 Å². The van der Waals surface area contributed by atoms with E-state index in [0.717, 1.165) is 17.9 Å². The van der Waals surface area contributed by atoms with Gasteiger partial charge in [-0.05, 0) is 26.0 Å². The van der Waals surface area contributed by atoms with E-state index in [-0.39, 0.29) is 5.56 Å². The molecule has 0 radical (unpaired) electrons. The molecule has 1 aromatic heterocycles. The zero-order chi connectivity index (χ0) is 12.4. The van der Waals surface area contributed by atoms with E-state index in [1.807, 2.05) is 24.5 Å². The predicted octanol–water partition coefficient (Wildman–Crippen LogP) is 1.97. The summed E-state index contributed by atoms with van der Waals surface area (Å²) in [4.78, 5) is 10.9. The summed E-state index contributed by atoms with van der Waals surface area (Å²) in [5, 5.41) is 17.0. The summed E-state index contributed by atoms with van der Waals surface area (Å²) in [5.74, 6) is 0.586. The molecular formula is C12H13N3O2. The third-order valence-electron chi connectivity index (χ3n) is 2.62. The lowest BCUT2D eigenvalue weighted by molar-refractivity contribution is 0.0697. The fraction of sp³-hybridized carbons (Fsp3) is 0.250. The van der Waals surface area contributed by atoms with Gasteiger partial charge in [0.2, 0.25) is 0 Å². The molecule has 0 aliphatic rings. The second-order valence-electron chi connectivity index (χ2n) is 3.70. The van der Waals surface area contributed by atoms with Crippen LogP contribution in [0.2, 0.25) is 0 Å². The third kappa shape index (κ3) is 2.04. The van der Waals surface area contributed by atoms with E-state index < -0.39 is 5.97 Å². The average molecular weight is 231 g/mol. The fourth-order valence-corrected chi connectivity index (χ4v) is 1.76. The molecule has 1 aromatic carbocycles. The summed E-state index contributed by atoms with van der Waals surface area (Å²) in [6.07, 6.45) is 0. The first-order valence-electron chi connectivity index (χ1n) is 5.37. The van der Waals surface area contributed by atoms with Crippen LogP contribution < -0.4 is 0 Å². The van der Waals surface area contributed by atoms with Gasteiger partial charge in [0.05, 0.1) is 5.56 Å². The van der Waals surface area contributed by atoms with Crippen LogP contribution in [-0.4, -0.2) is 25.8 Å². The Labute approximate surface area is 98.7 Å². The summed E-state index contributed by atoms with van der Waals surface area (Å²) < 4.78 is 1.95. The van der Waals surface area contributed by atoms with Crippen LogP contribution in [0.4, 0.5) is 0 Å². The van der Waals surface area contributed by atoms with Crippen LogP contribution in [0.3, 0.4) is 0 Å². The van der Waals surface area contributed by atoms with Crippen molar-refractivity contribution in [1.82, 2.24) is 14.8 Å². The number of carboxylic acids is 1. The first-order valence-corrected chi connectivity index (χ1v) is 5.37. The van der Waals surface area contributed by atoms with E-state index in [2.05, 4.69) is 10.2 Å². The molecule has 0 aliphatic heterocycles. The van der Waals surface area contributed by atoms with Crippen molar-refractivity contribution in [2.24, 2.45) is 0 Å². The van der Waals surface area contributed by atoms with Crippen molar-refractivity contribution in [2.45, 2.75) is 20.4 Å². The van der Waals surface area contributed by atoms with Gasteiger partial charge in [0.15, 0.2) is 5.82 Å². The fourth-order valence-electron chi connectivity index (χ4n) is 1.76. The molecule has 5 nitrogen and oxygen atoms in total. The zero-order valence-corrected chi connectivity index (χ0v) is 9.71. The van der Waals surface area contributed by atoms with E-state index in [4.69, 9.17) is 5.11 Å². The lowest BCUT2D eigenvalue weighted by Gasteiger charge is -2.05. The number of hydrogen-bond acceptors (Lipinski definition) is 3. The predicted molar refractivity (Wildman–Crippen MR) is 62.8 cm³/mol. The van der Waals surface area contributed by atoms with Gasteiger partial charge in [-0.1, -0.05) is 12.1 Å². The first-order chi connectivity index (χ1) is 8.13. The maximum atomic E-state index is 10.9. The average Bonchev–Trinajstić information content (AvgIpc) is 2.70. The molecule has 0 spiro atoms. The maximum absolute atomic E-state index is 10.9. The van der Waals surface area contributed by atoms with E-state index in [1.54, 1.807) is 18.2 Å². The minimum Gasteiger partial charge on any atom is -0.478 e. The molecule has 1 N–H and O–H groups in total. The summed E-state index contributed by atoms with van der Waals surface area (Å²) in [6.45, 7) is 4.63. The molecule has 2 rings (SSSR count). The summed E-state index contributed by atoms with van der Waals surface area (Å²) in [7, 11) is 0. The number of carbonyl (C=O) groups is 1. The number of carboxylic acid groups (broad SMARTS) is 1. The zero-order valence-electron chi connectivity index (χ0n) is 9.71. The van der Waals surface area contributed by atoms with E-state index >= 15 is 0 Å². The Morgan fingerprint density at radius 1 is 1.41 bits per heavy atom. The van der Waals surface area contributed by atoms with Gasteiger partial charge < -0.3 is 9.67 Å². The van der Waals surface area contributed by atoms with Gasteiger partial charge in [0.1, 0.15) is 5.82 Å². The second kappa shape index (κ2) is 4.37. The van der Waals surface area contributed by atoms with Gasteiger partial charge in [-0.2, -0.15) is 0 Å². The van der Waals surface area contributed by atoms with Gasteiger partial charge in [0.25, 0.3) is 0 Å². The Balaban J connectivity index is 2.52. The number of hydrogen-bond donors (Lipinski definition) is 1. The Kier molecular flexibility index (Phi) is 2.91. The van der Waals surface area contributed by atoms with Crippen molar-refractivity contribution in [3.63, 3.8) is 0 Å². The highest BCUT2D eigenvalue weighted by molar-refractivity contribution is 5.89. The molecule has 88 valence electrons.